The van der Waals surface area contributed by atoms with Crippen LogP contribution in [0.3, 0.4) is 0 Å². The SMILES string of the molecule is C1=CC[C@H]([C@@H]2NC3=NCN(Cc4ccccn4)CN3c3nc4ccccc4n32)CC1. The van der Waals surface area contributed by atoms with Crippen molar-refractivity contribution in [2.24, 2.45) is 10.9 Å². The number of hydrogen-bond acceptors (Lipinski definition) is 6. The minimum atomic E-state index is 0.176. The molecule has 7 heteroatoms. The Morgan fingerprint density at radius 1 is 1.07 bits per heavy atom. The number of imidazole rings is 1. The Morgan fingerprint density at radius 2 is 2.00 bits per heavy atom. The number of hydrogen-bond donors (Lipinski definition) is 1. The van der Waals surface area contributed by atoms with Crippen molar-refractivity contribution < 1.29 is 0 Å². The second kappa shape index (κ2) is 7.25. The van der Waals surface area contributed by atoms with E-state index in [4.69, 9.17) is 9.98 Å². The van der Waals surface area contributed by atoms with E-state index in [0.717, 1.165) is 49.2 Å². The summed E-state index contributed by atoms with van der Waals surface area (Å²) in [6.07, 6.45) is 10.0. The maximum atomic E-state index is 5.03. The van der Waals surface area contributed by atoms with Crippen molar-refractivity contribution in [2.45, 2.75) is 32.0 Å². The van der Waals surface area contributed by atoms with Crippen LogP contribution in [0.1, 0.15) is 31.1 Å². The van der Waals surface area contributed by atoms with Gasteiger partial charge >= 0.3 is 0 Å². The number of benzene rings is 1. The molecule has 1 aliphatic carbocycles. The Hall–Kier alpha value is -3.19. The van der Waals surface area contributed by atoms with Crippen LogP contribution in [0.2, 0.25) is 0 Å². The number of aliphatic imine (C=N–C) groups is 1. The quantitative estimate of drug-likeness (QED) is 0.683. The van der Waals surface area contributed by atoms with E-state index in [0.29, 0.717) is 12.6 Å². The molecule has 4 heterocycles. The van der Waals surface area contributed by atoms with E-state index in [1.165, 1.54) is 11.9 Å². The van der Waals surface area contributed by atoms with Crippen LogP contribution in [0.4, 0.5) is 5.95 Å². The predicted molar refractivity (Wildman–Crippen MR) is 118 cm³/mol. The lowest BCUT2D eigenvalue weighted by molar-refractivity contribution is 0.241. The third kappa shape index (κ3) is 2.97. The standard InChI is InChI=1S/C23H25N7/c1-2-8-17(9-3-1)21-27-22-25-15-28(14-18-10-6-7-13-24-18)16-29(22)23-26-19-11-4-5-12-20(19)30(21)23/h1-2,4-7,10-13,17,21H,3,8-9,14-16H2,(H,25,27)/t17-,21+/m0/s1. The molecule has 0 fully saturated rings. The highest BCUT2D eigenvalue weighted by molar-refractivity contribution is 5.98. The summed E-state index contributed by atoms with van der Waals surface area (Å²) in [6.45, 7) is 2.17. The molecule has 7 nitrogen and oxygen atoms in total. The van der Waals surface area contributed by atoms with Gasteiger partial charge in [0.25, 0.3) is 0 Å². The van der Waals surface area contributed by atoms with E-state index < -0.39 is 0 Å². The lowest BCUT2D eigenvalue weighted by Crippen LogP contribution is -2.58. The molecule has 152 valence electrons. The summed E-state index contributed by atoms with van der Waals surface area (Å²) in [5.41, 5.74) is 3.27. The van der Waals surface area contributed by atoms with Gasteiger partial charge in [-0.1, -0.05) is 30.4 Å². The Kier molecular flexibility index (Phi) is 4.27. The van der Waals surface area contributed by atoms with Gasteiger partial charge in [0.2, 0.25) is 11.9 Å². The van der Waals surface area contributed by atoms with Gasteiger partial charge in [-0.05, 0) is 43.5 Å². The summed E-state index contributed by atoms with van der Waals surface area (Å²) in [7, 11) is 0. The highest BCUT2D eigenvalue weighted by Gasteiger charge is 2.38. The molecule has 3 aromatic rings. The van der Waals surface area contributed by atoms with Gasteiger partial charge in [0.05, 0.1) is 30.1 Å². The number of rotatable bonds is 3. The number of guanidine groups is 1. The van der Waals surface area contributed by atoms with Gasteiger partial charge in [0, 0.05) is 18.7 Å². The zero-order valence-electron chi connectivity index (χ0n) is 16.9. The Bertz CT molecular complexity index is 1120. The maximum Gasteiger partial charge on any atom is 0.216 e. The molecule has 0 spiro atoms. The fourth-order valence-corrected chi connectivity index (χ4v) is 4.79. The zero-order chi connectivity index (χ0) is 19.9. The van der Waals surface area contributed by atoms with Crippen molar-refractivity contribution >= 4 is 22.9 Å². The van der Waals surface area contributed by atoms with Crippen molar-refractivity contribution in [3.8, 4) is 0 Å². The number of nitrogens with zero attached hydrogens (tertiary/aromatic N) is 6. The lowest BCUT2D eigenvalue weighted by atomic mass is 9.91. The van der Waals surface area contributed by atoms with Crippen LogP contribution in [0.25, 0.3) is 11.0 Å². The smallest absolute Gasteiger partial charge is 0.216 e. The minimum Gasteiger partial charge on any atom is -0.335 e. The van der Waals surface area contributed by atoms with Crippen molar-refractivity contribution in [3.05, 3.63) is 66.5 Å². The monoisotopic (exact) mass is 399 g/mol. The molecule has 0 unspecified atom stereocenters. The molecule has 1 aromatic carbocycles. The summed E-state index contributed by atoms with van der Waals surface area (Å²) >= 11 is 0. The number of allylic oxidation sites excluding steroid dienone is 2. The van der Waals surface area contributed by atoms with E-state index >= 15 is 0 Å². The maximum absolute atomic E-state index is 5.03. The third-order valence-corrected chi connectivity index (χ3v) is 6.26. The average Bonchev–Trinajstić information content (AvgIpc) is 3.20. The first-order chi connectivity index (χ1) is 14.9. The summed E-state index contributed by atoms with van der Waals surface area (Å²) in [6, 6.07) is 14.5. The fourth-order valence-electron chi connectivity index (χ4n) is 4.79. The topological polar surface area (TPSA) is 61.6 Å². The highest BCUT2D eigenvalue weighted by atomic mass is 15.5. The molecule has 30 heavy (non-hydrogen) atoms. The molecule has 0 saturated carbocycles. The third-order valence-electron chi connectivity index (χ3n) is 6.26. The summed E-state index contributed by atoms with van der Waals surface area (Å²) in [5, 5.41) is 3.77. The van der Waals surface area contributed by atoms with Gasteiger partial charge in [-0.3, -0.25) is 19.4 Å². The zero-order valence-corrected chi connectivity index (χ0v) is 16.9. The summed E-state index contributed by atoms with van der Waals surface area (Å²) < 4.78 is 2.39. The lowest BCUT2D eigenvalue weighted by Gasteiger charge is -2.44. The molecule has 0 saturated heterocycles. The number of anilines is 1. The first kappa shape index (κ1) is 17.7. The average molecular weight is 400 g/mol. The molecule has 2 atom stereocenters. The number of nitrogens with one attached hydrogen (secondary N) is 1. The summed E-state index contributed by atoms with van der Waals surface area (Å²) in [4.78, 5) is 18.9. The second-order valence-electron chi connectivity index (χ2n) is 8.25. The van der Waals surface area contributed by atoms with Gasteiger partial charge < -0.3 is 5.32 Å². The number of aromatic nitrogens is 3. The first-order valence-electron chi connectivity index (χ1n) is 10.7. The first-order valence-corrected chi connectivity index (χ1v) is 10.7. The van der Waals surface area contributed by atoms with Gasteiger partial charge in [-0.2, -0.15) is 0 Å². The Labute approximate surface area is 175 Å². The van der Waals surface area contributed by atoms with Gasteiger partial charge in [0.1, 0.15) is 6.17 Å². The molecule has 2 aromatic heterocycles. The van der Waals surface area contributed by atoms with Crippen molar-refractivity contribution in [1.29, 1.82) is 0 Å². The van der Waals surface area contributed by atoms with E-state index in [1.54, 1.807) is 0 Å². The van der Waals surface area contributed by atoms with Crippen LogP contribution in [-0.2, 0) is 6.54 Å². The molecule has 0 amide bonds. The molecular formula is C23H25N7. The normalized spacial score (nSPS) is 23.6. The predicted octanol–water partition coefficient (Wildman–Crippen LogP) is 3.48. The molecule has 0 bridgehead atoms. The Morgan fingerprint density at radius 3 is 2.87 bits per heavy atom. The summed E-state index contributed by atoms with van der Waals surface area (Å²) in [5.74, 6) is 2.45. The minimum absolute atomic E-state index is 0.176. The van der Waals surface area contributed by atoms with E-state index in [9.17, 15) is 0 Å². The van der Waals surface area contributed by atoms with Gasteiger partial charge in [0.15, 0.2) is 0 Å². The van der Waals surface area contributed by atoms with Crippen LogP contribution in [0.5, 0.6) is 0 Å². The molecule has 2 aliphatic heterocycles. The van der Waals surface area contributed by atoms with Crippen LogP contribution < -0.4 is 10.2 Å². The number of para-hydroxylation sites is 2. The molecule has 0 radical (unpaired) electrons. The van der Waals surface area contributed by atoms with E-state index in [-0.39, 0.29) is 6.17 Å². The van der Waals surface area contributed by atoms with Crippen LogP contribution in [-0.4, -0.2) is 38.7 Å². The van der Waals surface area contributed by atoms with Crippen molar-refractivity contribution in [3.63, 3.8) is 0 Å². The van der Waals surface area contributed by atoms with Gasteiger partial charge in [-0.15, -0.1) is 0 Å². The molecule has 1 N–H and O–H groups in total. The second-order valence-corrected chi connectivity index (χ2v) is 8.25. The number of fused-ring (bicyclic) bond motifs is 5. The molecule has 6 rings (SSSR count). The van der Waals surface area contributed by atoms with Crippen molar-refractivity contribution in [2.75, 3.05) is 18.2 Å². The largest absolute Gasteiger partial charge is 0.335 e. The van der Waals surface area contributed by atoms with E-state index in [2.05, 4.69) is 67.2 Å². The van der Waals surface area contributed by atoms with Crippen LogP contribution >= 0.6 is 0 Å². The van der Waals surface area contributed by atoms with Crippen molar-refractivity contribution in [1.82, 2.24) is 24.8 Å². The van der Waals surface area contributed by atoms with Crippen LogP contribution in [0.15, 0.2) is 65.8 Å². The van der Waals surface area contributed by atoms with E-state index in [1.807, 2.05) is 18.3 Å². The molecular weight excluding hydrogens is 374 g/mol. The molecule has 3 aliphatic rings. The fraction of sp³-hybridized carbons (Fsp3) is 0.348. The van der Waals surface area contributed by atoms with Gasteiger partial charge in [-0.25, -0.2) is 9.98 Å². The van der Waals surface area contributed by atoms with Crippen LogP contribution in [0, 0.1) is 5.92 Å². The highest BCUT2D eigenvalue weighted by Crippen LogP contribution is 2.37. The Balaban J connectivity index is 1.38. The number of pyridine rings is 1.